The first-order chi connectivity index (χ1) is 17.1. The molecule has 35 heavy (non-hydrogen) atoms. The van der Waals surface area contributed by atoms with Gasteiger partial charge in [-0.05, 0) is 48.7 Å². The van der Waals surface area contributed by atoms with E-state index in [2.05, 4.69) is 14.8 Å². The van der Waals surface area contributed by atoms with Gasteiger partial charge in [0.15, 0.2) is 0 Å². The number of aromatic nitrogens is 2. The number of halogens is 1. The zero-order valence-electron chi connectivity index (χ0n) is 19.8. The van der Waals surface area contributed by atoms with Crippen molar-refractivity contribution in [2.75, 3.05) is 25.1 Å². The summed E-state index contributed by atoms with van der Waals surface area (Å²) in [7, 11) is 1.64. The van der Waals surface area contributed by atoms with Crippen LogP contribution in [0.1, 0.15) is 24.0 Å². The van der Waals surface area contributed by atoms with Gasteiger partial charge in [-0.15, -0.1) is 0 Å². The third kappa shape index (κ3) is 4.99. The lowest BCUT2D eigenvalue weighted by atomic mass is 9.96. The Morgan fingerprint density at radius 3 is 2.63 bits per heavy atom. The molecule has 3 aromatic carbocycles. The highest BCUT2D eigenvalue weighted by Gasteiger charge is 2.27. The van der Waals surface area contributed by atoms with Crippen molar-refractivity contribution in [3.8, 4) is 5.75 Å². The van der Waals surface area contributed by atoms with Crippen LogP contribution in [0.5, 0.6) is 5.75 Å². The van der Waals surface area contributed by atoms with Crippen LogP contribution in [-0.4, -0.2) is 35.7 Å². The fourth-order valence-electron chi connectivity index (χ4n) is 4.80. The van der Waals surface area contributed by atoms with Gasteiger partial charge in [-0.1, -0.05) is 42.5 Å². The second-order valence-corrected chi connectivity index (χ2v) is 8.91. The summed E-state index contributed by atoms with van der Waals surface area (Å²) < 4.78 is 21.3. The molecule has 1 N–H and O–H groups in total. The van der Waals surface area contributed by atoms with Crippen LogP contribution in [0, 0.1) is 11.7 Å². The van der Waals surface area contributed by atoms with Crippen LogP contribution in [0.25, 0.3) is 11.0 Å². The number of hydrogen-bond donors (Lipinski definition) is 1. The summed E-state index contributed by atoms with van der Waals surface area (Å²) in [4.78, 5) is 20.0. The molecule has 2 heterocycles. The molecule has 0 atom stereocenters. The van der Waals surface area contributed by atoms with Gasteiger partial charge in [0.1, 0.15) is 11.6 Å². The minimum absolute atomic E-state index is 0.0398. The fourth-order valence-corrected chi connectivity index (χ4v) is 4.80. The molecule has 0 unspecified atom stereocenters. The van der Waals surface area contributed by atoms with Crippen LogP contribution in [0.2, 0.25) is 0 Å². The number of para-hydroxylation sites is 3. The average molecular weight is 473 g/mol. The van der Waals surface area contributed by atoms with Crippen LogP contribution < -0.4 is 15.0 Å². The molecule has 0 radical (unpaired) electrons. The third-order valence-corrected chi connectivity index (χ3v) is 6.66. The maximum atomic E-state index is 13.8. The molecular formula is C28H29FN4O2. The number of hydrogen-bond acceptors (Lipinski definition) is 4. The Kier molecular flexibility index (Phi) is 6.66. The van der Waals surface area contributed by atoms with Gasteiger partial charge >= 0.3 is 0 Å². The van der Waals surface area contributed by atoms with Gasteiger partial charge in [0.05, 0.1) is 24.7 Å². The Labute approximate surface area is 204 Å². The number of fused-ring (bicyclic) bond motifs is 1. The first-order valence-electron chi connectivity index (χ1n) is 12.0. The Hall–Kier alpha value is -3.87. The zero-order chi connectivity index (χ0) is 24.2. The number of rotatable bonds is 7. The van der Waals surface area contributed by atoms with E-state index in [-0.39, 0.29) is 17.6 Å². The standard InChI is InChI=1S/C28H29FN4O2/c1-35-26-12-5-2-8-22(26)18-30-27(34)21-13-15-32(16-14-21)28-31-24-10-3-4-11-25(24)33(28)19-20-7-6-9-23(29)17-20/h2-12,17,21H,13-16,18-19H2,1H3,(H,30,34). The van der Waals surface area contributed by atoms with E-state index < -0.39 is 0 Å². The number of amides is 1. The number of benzene rings is 3. The van der Waals surface area contributed by atoms with Crippen LogP contribution in [0.15, 0.2) is 72.8 Å². The summed E-state index contributed by atoms with van der Waals surface area (Å²) in [5.74, 6) is 1.43. The number of carbonyl (C=O) groups is 1. The summed E-state index contributed by atoms with van der Waals surface area (Å²) in [5.41, 5.74) is 3.78. The van der Waals surface area contributed by atoms with Gasteiger partial charge in [-0.3, -0.25) is 4.79 Å². The van der Waals surface area contributed by atoms with E-state index >= 15 is 0 Å². The second-order valence-electron chi connectivity index (χ2n) is 8.91. The third-order valence-electron chi connectivity index (χ3n) is 6.66. The van der Waals surface area contributed by atoms with E-state index in [1.165, 1.54) is 6.07 Å². The number of ether oxygens (including phenoxy) is 1. The molecule has 5 rings (SSSR count). The molecule has 0 aliphatic carbocycles. The van der Waals surface area contributed by atoms with Crippen molar-refractivity contribution in [3.63, 3.8) is 0 Å². The highest BCUT2D eigenvalue weighted by Crippen LogP contribution is 2.28. The Morgan fingerprint density at radius 2 is 1.83 bits per heavy atom. The summed E-state index contributed by atoms with van der Waals surface area (Å²) in [6, 6.07) is 22.4. The Balaban J connectivity index is 1.28. The lowest BCUT2D eigenvalue weighted by Crippen LogP contribution is -2.41. The van der Waals surface area contributed by atoms with Crippen molar-refractivity contribution in [1.29, 1.82) is 0 Å². The van der Waals surface area contributed by atoms with Crippen molar-refractivity contribution in [1.82, 2.24) is 14.9 Å². The number of nitrogens with zero attached hydrogens (tertiary/aromatic N) is 3. The van der Waals surface area contributed by atoms with Crippen LogP contribution in [0.4, 0.5) is 10.3 Å². The number of anilines is 1. The topological polar surface area (TPSA) is 59.4 Å². The second kappa shape index (κ2) is 10.2. The largest absolute Gasteiger partial charge is 0.496 e. The molecule has 0 spiro atoms. The van der Waals surface area contributed by atoms with Crippen molar-refractivity contribution in [2.24, 2.45) is 5.92 Å². The maximum absolute atomic E-state index is 13.8. The van der Waals surface area contributed by atoms with Crippen LogP contribution in [-0.2, 0) is 17.9 Å². The molecule has 6 nitrogen and oxygen atoms in total. The minimum Gasteiger partial charge on any atom is -0.496 e. The molecule has 1 aromatic heterocycles. The van der Waals surface area contributed by atoms with E-state index in [1.807, 2.05) is 54.6 Å². The molecule has 4 aromatic rings. The minimum atomic E-state index is -0.242. The molecule has 1 saturated heterocycles. The Bertz CT molecular complexity index is 1330. The van der Waals surface area contributed by atoms with Crippen molar-refractivity contribution in [2.45, 2.75) is 25.9 Å². The molecule has 1 amide bonds. The van der Waals surface area contributed by atoms with Gasteiger partial charge in [-0.2, -0.15) is 0 Å². The summed E-state index contributed by atoms with van der Waals surface area (Å²) >= 11 is 0. The van der Waals surface area contributed by atoms with Crippen molar-refractivity contribution < 1.29 is 13.9 Å². The summed E-state index contributed by atoms with van der Waals surface area (Å²) in [6.45, 7) is 2.46. The fraction of sp³-hybridized carbons (Fsp3) is 0.286. The number of carbonyl (C=O) groups excluding carboxylic acids is 1. The van der Waals surface area contributed by atoms with Crippen molar-refractivity contribution >= 4 is 22.9 Å². The first-order valence-corrected chi connectivity index (χ1v) is 12.0. The SMILES string of the molecule is COc1ccccc1CNC(=O)C1CCN(c2nc3ccccc3n2Cc2cccc(F)c2)CC1. The van der Waals surface area contributed by atoms with E-state index in [0.717, 1.165) is 59.8 Å². The number of imidazole rings is 1. The highest BCUT2D eigenvalue weighted by atomic mass is 19.1. The normalized spacial score (nSPS) is 14.3. The average Bonchev–Trinajstić information content (AvgIpc) is 3.26. The molecule has 1 aliphatic heterocycles. The molecule has 1 fully saturated rings. The van der Waals surface area contributed by atoms with Gasteiger partial charge in [0, 0.05) is 31.1 Å². The molecular weight excluding hydrogens is 443 g/mol. The van der Waals surface area contributed by atoms with Gasteiger partial charge in [0.2, 0.25) is 11.9 Å². The predicted octanol–water partition coefficient (Wildman–Crippen LogP) is 4.77. The smallest absolute Gasteiger partial charge is 0.223 e. The predicted molar refractivity (Wildman–Crippen MR) is 135 cm³/mol. The van der Waals surface area contributed by atoms with E-state index in [1.54, 1.807) is 19.2 Å². The number of nitrogens with one attached hydrogen (secondary N) is 1. The lowest BCUT2D eigenvalue weighted by Gasteiger charge is -2.32. The Morgan fingerprint density at radius 1 is 1.06 bits per heavy atom. The number of methoxy groups -OCH3 is 1. The van der Waals surface area contributed by atoms with Crippen molar-refractivity contribution in [3.05, 3.63) is 89.7 Å². The lowest BCUT2D eigenvalue weighted by molar-refractivity contribution is -0.125. The van der Waals surface area contributed by atoms with Gasteiger partial charge in [-0.25, -0.2) is 9.37 Å². The van der Waals surface area contributed by atoms with E-state index in [4.69, 9.17) is 9.72 Å². The molecule has 7 heteroatoms. The van der Waals surface area contributed by atoms with Crippen LogP contribution >= 0.6 is 0 Å². The monoisotopic (exact) mass is 472 g/mol. The van der Waals surface area contributed by atoms with Gasteiger partial charge in [0.25, 0.3) is 0 Å². The van der Waals surface area contributed by atoms with Crippen LogP contribution in [0.3, 0.4) is 0 Å². The van der Waals surface area contributed by atoms with Gasteiger partial charge < -0.3 is 19.5 Å². The molecule has 180 valence electrons. The molecule has 0 bridgehead atoms. The maximum Gasteiger partial charge on any atom is 0.223 e. The van der Waals surface area contributed by atoms with E-state index in [0.29, 0.717) is 13.1 Å². The quantitative estimate of drug-likeness (QED) is 0.421. The summed E-state index contributed by atoms with van der Waals surface area (Å²) in [6.07, 6.45) is 1.50. The zero-order valence-corrected chi connectivity index (χ0v) is 19.8. The highest BCUT2D eigenvalue weighted by molar-refractivity contribution is 5.80. The van der Waals surface area contributed by atoms with E-state index in [9.17, 15) is 9.18 Å². The molecule has 1 aliphatic rings. The first kappa shape index (κ1) is 22.9. The summed E-state index contributed by atoms with van der Waals surface area (Å²) in [5, 5.41) is 3.08. The number of piperidine rings is 1. The molecule has 0 saturated carbocycles.